The van der Waals surface area contributed by atoms with Crippen LogP contribution in [0.5, 0.6) is 0 Å². The van der Waals surface area contributed by atoms with Gasteiger partial charge in [-0.05, 0) is 37.8 Å². The summed E-state index contributed by atoms with van der Waals surface area (Å²) < 4.78 is 0. The number of benzene rings is 1. The van der Waals surface area contributed by atoms with Crippen LogP contribution in [-0.2, 0) is 6.54 Å². The Kier molecular flexibility index (Phi) is 5.58. The fourth-order valence-electron chi connectivity index (χ4n) is 2.95. The molecule has 3 rings (SSSR count). The van der Waals surface area contributed by atoms with Crippen molar-refractivity contribution >= 4 is 29.0 Å². The first-order chi connectivity index (χ1) is 11.6. The highest BCUT2D eigenvalue weighted by molar-refractivity contribution is 7.98. The van der Waals surface area contributed by atoms with Crippen molar-refractivity contribution in [3.8, 4) is 0 Å². The van der Waals surface area contributed by atoms with Crippen LogP contribution < -0.4 is 0 Å². The van der Waals surface area contributed by atoms with Gasteiger partial charge in [-0.25, -0.2) is 4.98 Å². The van der Waals surface area contributed by atoms with E-state index < -0.39 is 0 Å². The van der Waals surface area contributed by atoms with E-state index in [0.29, 0.717) is 0 Å². The minimum absolute atomic E-state index is 0.160. The minimum atomic E-state index is 0.160. The van der Waals surface area contributed by atoms with Crippen LogP contribution >= 0.6 is 23.1 Å². The van der Waals surface area contributed by atoms with Crippen molar-refractivity contribution in [2.75, 3.05) is 32.4 Å². The minimum Gasteiger partial charge on any atom is -0.336 e. The van der Waals surface area contributed by atoms with Gasteiger partial charge in [-0.1, -0.05) is 6.07 Å². The Labute approximate surface area is 151 Å². The second kappa shape index (κ2) is 7.68. The Morgan fingerprint density at radius 3 is 2.62 bits per heavy atom. The predicted molar refractivity (Wildman–Crippen MR) is 101 cm³/mol. The number of thioether (sulfide) groups is 1. The Balaban J connectivity index is 1.61. The van der Waals surface area contributed by atoms with Gasteiger partial charge in [0.2, 0.25) is 0 Å². The maximum atomic E-state index is 12.8. The van der Waals surface area contributed by atoms with E-state index in [0.717, 1.165) is 59.4 Å². The molecule has 2 aromatic rings. The molecule has 0 aliphatic carbocycles. The average Bonchev–Trinajstić information content (AvgIpc) is 3.00. The number of rotatable bonds is 4. The zero-order valence-electron chi connectivity index (χ0n) is 14.4. The van der Waals surface area contributed by atoms with Crippen molar-refractivity contribution in [3.05, 3.63) is 45.4 Å². The molecule has 6 heteroatoms. The first-order valence-electron chi connectivity index (χ1n) is 8.14. The second-order valence-electron chi connectivity index (χ2n) is 6.11. The maximum absolute atomic E-state index is 12.8. The van der Waals surface area contributed by atoms with Crippen LogP contribution in [0, 0.1) is 13.8 Å². The molecule has 4 nitrogen and oxygen atoms in total. The van der Waals surface area contributed by atoms with Crippen molar-refractivity contribution in [1.29, 1.82) is 0 Å². The number of aryl methyl sites for hydroxylation is 2. The van der Waals surface area contributed by atoms with E-state index in [1.54, 1.807) is 23.1 Å². The van der Waals surface area contributed by atoms with E-state index in [1.165, 1.54) is 0 Å². The second-order valence-corrected chi connectivity index (χ2v) is 8.05. The molecule has 0 saturated carbocycles. The Hall–Kier alpha value is -1.37. The molecule has 2 heterocycles. The number of thiazole rings is 1. The van der Waals surface area contributed by atoms with Crippen LogP contribution in [-0.4, -0.2) is 53.1 Å². The molecule has 0 N–H and O–H groups in total. The maximum Gasteiger partial charge on any atom is 0.254 e. The van der Waals surface area contributed by atoms with Gasteiger partial charge >= 0.3 is 0 Å². The van der Waals surface area contributed by atoms with Gasteiger partial charge in [0, 0.05) is 48.6 Å². The van der Waals surface area contributed by atoms with E-state index in [4.69, 9.17) is 0 Å². The average molecular weight is 362 g/mol. The molecular formula is C18H23N3OS2. The highest BCUT2D eigenvalue weighted by atomic mass is 32.2. The first-order valence-corrected chi connectivity index (χ1v) is 10.2. The van der Waals surface area contributed by atoms with Gasteiger partial charge in [0.25, 0.3) is 5.91 Å². The van der Waals surface area contributed by atoms with Crippen molar-refractivity contribution < 1.29 is 4.79 Å². The zero-order valence-corrected chi connectivity index (χ0v) is 16.0. The lowest BCUT2D eigenvalue weighted by molar-refractivity contribution is 0.0626. The molecule has 128 valence electrons. The molecule has 1 fully saturated rings. The topological polar surface area (TPSA) is 36.4 Å². The fourth-order valence-corrected chi connectivity index (χ4v) is 3.99. The van der Waals surface area contributed by atoms with Gasteiger partial charge in [-0.3, -0.25) is 9.69 Å². The molecule has 1 aromatic carbocycles. The van der Waals surface area contributed by atoms with Gasteiger partial charge in [0.05, 0.1) is 10.7 Å². The SMILES string of the molecule is CSc1ccc(C)c(C(=O)N2CCN(Cc3csc(C)n3)CC2)c1. The van der Waals surface area contributed by atoms with Crippen molar-refractivity contribution in [2.24, 2.45) is 0 Å². The molecule has 0 bridgehead atoms. The lowest BCUT2D eigenvalue weighted by Crippen LogP contribution is -2.48. The third-order valence-corrected chi connectivity index (χ3v) is 5.93. The van der Waals surface area contributed by atoms with E-state index in [-0.39, 0.29) is 5.91 Å². The largest absolute Gasteiger partial charge is 0.336 e. The highest BCUT2D eigenvalue weighted by Crippen LogP contribution is 2.21. The van der Waals surface area contributed by atoms with E-state index in [2.05, 4.69) is 21.3 Å². The predicted octanol–water partition coefficient (Wildman–Crippen LogP) is 3.44. The number of amides is 1. The first kappa shape index (κ1) is 17.5. The van der Waals surface area contributed by atoms with Gasteiger partial charge in [0.1, 0.15) is 0 Å². The van der Waals surface area contributed by atoms with Crippen molar-refractivity contribution in [1.82, 2.24) is 14.8 Å². The van der Waals surface area contributed by atoms with Crippen LogP contribution in [0.15, 0.2) is 28.5 Å². The monoisotopic (exact) mass is 361 g/mol. The van der Waals surface area contributed by atoms with Crippen LogP contribution in [0.3, 0.4) is 0 Å². The van der Waals surface area contributed by atoms with E-state index >= 15 is 0 Å². The summed E-state index contributed by atoms with van der Waals surface area (Å²) in [6.07, 6.45) is 2.04. The molecule has 0 unspecified atom stereocenters. The van der Waals surface area contributed by atoms with Crippen molar-refractivity contribution in [2.45, 2.75) is 25.3 Å². The Morgan fingerprint density at radius 1 is 1.25 bits per heavy atom. The molecule has 1 amide bonds. The van der Waals surface area contributed by atoms with Gasteiger partial charge < -0.3 is 4.90 Å². The summed E-state index contributed by atoms with van der Waals surface area (Å²) in [5, 5.41) is 3.24. The number of carbonyl (C=O) groups excluding carboxylic acids is 1. The summed E-state index contributed by atoms with van der Waals surface area (Å²) >= 11 is 3.37. The number of nitrogens with zero attached hydrogens (tertiary/aromatic N) is 3. The molecule has 0 spiro atoms. The summed E-state index contributed by atoms with van der Waals surface area (Å²) in [6, 6.07) is 6.14. The van der Waals surface area contributed by atoms with Crippen LogP contribution in [0.1, 0.15) is 26.6 Å². The molecule has 0 atom stereocenters. The normalized spacial score (nSPS) is 15.7. The lowest BCUT2D eigenvalue weighted by atomic mass is 10.1. The number of piperazine rings is 1. The quantitative estimate of drug-likeness (QED) is 0.782. The molecule has 1 aromatic heterocycles. The molecule has 1 saturated heterocycles. The van der Waals surface area contributed by atoms with Crippen LogP contribution in [0.4, 0.5) is 0 Å². The molecule has 1 aliphatic rings. The van der Waals surface area contributed by atoms with E-state index in [9.17, 15) is 4.79 Å². The molecule has 24 heavy (non-hydrogen) atoms. The van der Waals surface area contributed by atoms with Gasteiger partial charge in [-0.2, -0.15) is 0 Å². The number of aromatic nitrogens is 1. The third-order valence-electron chi connectivity index (χ3n) is 4.39. The summed E-state index contributed by atoms with van der Waals surface area (Å²) in [4.78, 5) is 22.9. The van der Waals surface area contributed by atoms with Gasteiger partial charge in [0.15, 0.2) is 0 Å². The highest BCUT2D eigenvalue weighted by Gasteiger charge is 2.23. The lowest BCUT2D eigenvalue weighted by Gasteiger charge is -2.34. The van der Waals surface area contributed by atoms with E-state index in [1.807, 2.05) is 37.1 Å². The third kappa shape index (κ3) is 3.99. The molecular weight excluding hydrogens is 338 g/mol. The molecule has 0 radical (unpaired) electrons. The van der Waals surface area contributed by atoms with Crippen LogP contribution in [0.25, 0.3) is 0 Å². The van der Waals surface area contributed by atoms with Crippen LogP contribution in [0.2, 0.25) is 0 Å². The summed E-state index contributed by atoms with van der Waals surface area (Å²) in [7, 11) is 0. The standard InChI is InChI=1S/C18H23N3OS2/c1-13-4-5-16(23-3)10-17(13)18(22)21-8-6-20(7-9-21)11-15-12-24-14(2)19-15/h4-5,10,12H,6-9,11H2,1-3H3. The Bertz CT molecular complexity index is 721. The van der Waals surface area contributed by atoms with Gasteiger partial charge in [-0.15, -0.1) is 23.1 Å². The zero-order chi connectivity index (χ0) is 17.1. The molecule has 1 aliphatic heterocycles. The van der Waals surface area contributed by atoms with Crippen molar-refractivity contribution in [3.63, 3.8) is 0 Å². The fraction of sp³-hybridized carbons (Fsp3) is 0.444. The number of hydrogen-bond donors (Lipinski definition) is 0. The smallest absolute Gasteiger partial charge is 0.254 e. The number of carbonyl (C=O) groups is 1. The summed E-state index contributed by atoms with van der Waals surface area (Å²) in [6.45, 7) is 8.31. The number of hydrogen-bond acceptors (Lipinski definition) is 5. The Morgan fingerprint density at radius 2 is 2.00 bits per heavy atom. The summed E-state index contributed by atoms with van der Waals surface area (Å²) in [5.74, 6) is 0.160. The summed E-state index contributed by atoms with van der Waals surface area (Å²) in [5.41, 5.74) is 3.03.